The Hall–Kier alpha value is -2.30. The highest BCUT2D eigenvalue weighted by Gasteiger charge is 2.18. The first-order chi connectivity index (χ1) is 9.65. The average molecular weight is 274 g/mol. The molecule has 0 bridgehead atoms. The van der Waals surface area contributed by atoms with Gasteiger partial charge in [0.25, 0.3) is 5.91 Å². The maximum atomic E-state index is 12.2. The third-order valence-electron chi connectivity index (χ3n) is 3.11. The number of amides is 1. The zero-order valence-corrected chi connectivity index (χ0v) is 11.9. The Morgan fingerprint density at radius 2 is 2.05 bits per heavy atom. The number of nitrogens with one attached hydrogen (secondary N) is 1. The second-order valence-corrected chi connectivity index (χ2v) is 4.44. The van der Waals surface area contributed by atoms with Crippen LogP contribution in [0.4, 0.5) is 0 Å². The Balaban J connectivity index is 2.02. The van der Waals surface area contributed by atoms with Crippen LogP contribution >= 0.6 is 0 Å². The minimum Gasteiger partial charge on any atom is -0.497 e. The molecule has 0 aliphatic heterocycles. The second-order valence-electron chi connectivity index (χ2n) is 4.44. The number of benzene rings is 1. The van der Waals surface area contributed by atoms with E-state index in [0.717, 1.165) is 11.3 Å². The molecule has 0 fully saturated rings. The van der Waals surface area contributed by atoms with E-state index in [4.69, 9.17) is 9.26 Å². The summed E-state index contributed by atoms with van der Waals surface area (Å²) in [6.45, 7) is 4.14. The summed E-state index contributed by atoms with van der Waals surface area (Å²) in [7, 11) is 1.62. The van der Waals surface area contributed by atoms with Crippen molar-refractivity contribution in [2.45, 2.75) is 26.8 Å². The summed E-state index contributed by atoms with van der Waals surface area (Å²) in [5.41, 5.74) is 2.24. The Bertz CT molecular complexity index is 588. The summed E-state index contributed by atoms with van der Waals surface area (Å²) in [4.78, 5) is 12.2. The molecule has 0 atom stereocenters. The van der Waals surface area contributed by atoms with Gasteiger partial charge in [0, 0.05) is 6.54 Å². The van der Waals surface area contributed by atoms with Crippen molar-refractivity contribution in [2.24, 2.45) is 0 Å². The van der Waals surface area contributed by atoms with E-state index in [-0.39, 0.29) is 5.91 Å². The lowest BCUT2D eigenvalue weighted by Crippen LogP contribution is -2.24. The number of carbonyl (C=O) groups is 1. The van der Waals surface area contributed by atoms with E-state index in [1.165, 1.54) is 0 Å². The minimum atomic E-state index is -0.156. The molecule has 0 saturated heterocycles. The summed E-state index contributed by atoms with van der Waals surface area (Å²) in [6, 6.07) is 7.56. The molecular formula is C15H18N2O3. The van der Waals surface area contributed by atoms with Crippen molar-refractivity contribution in [3.8, 4) is 5.75 Å². The lowest BCUT2D eigenvalue weighted by atomic mass is 10.1. The highest BCUT2D eigenvalue weighted by atomic mass is 16.5. The van der Waals surface area contributed by atoms with Crippen LogP contribution in [0.25, 0.3) is 0 Å². The van der Waals surface area contributed by atoms with Crippen molar-refractivity contribution in [1.29, 1.82) is 0 Å². The highest BCUT2D eigenvalue weighted by Crippen LogP contribution is 2.15. The number of hydrogen-bond donors (Lipinski definition) is 1. The van der Waals surface area contributed by atoms with E-state index in [2.05, 4.69) is 10.5 Å². The molecule has 20 heavy (non-hydrogen) atoms. The minimum absolute atomic E-state index is 0.156. The van der Waals surface area contributed by atoms with Gasteiger partial charge in [0.2, 0.25) is 0 Å². The number of rotatable bonds is 5. The van der Waals surface area contributed by atoms with Gasteiger partial charge >= 0.3 is 0 Å². The van der Waals surface area contributed by atoms with Crippen molar-refractivity contribution >= 4 is 5.91 Å². The fourth-order valence-corrected chi connectivity index (χ4v) is 1.96. The van der Waals surface area contributed by atoms with Crippen LogP contribution in [0, 0.1) is 6.92 Å². The van der Waals surface area contributed by atoms with Crippen LogP contribution in [0.5, 0.6) is 5.75 Å². The fraction of sp³-hybridized carbons (Fsp3) is 0.333. The van der Waals surface area contributed by atoms with E-state index in [1.807, 2.05) is 31.2 Å². The van der Waals surface area contributed by atoms with Gasteiger partial charge in [-0.05, 0) is 31.0 Å². The number of carbonyl (C=O) groups excluding carboxylic acids is 1. The van der Waals surface area contributed by atoms with E-state index in [0.29, 0.717) is 30.0 Å². The Kier molecular flexibility index (Phi) is 4.40. The third kappa shape index (κ3) is 2.99. The standard InChI is InChI=1S/C15H18N2O3/c1-4-13-14(10(2)20-17-13)15(18)16-9-11-5-7-12(19-3)8-6-11/h5-8H,4,9H2,1-3H3,(H,16,18). The second kappa shape index (κ2) is 6.23. The lowest BCUT2D eigenvalue weighted by molar-refractivity contribution is 0.0948. The molecule has 2 rings (SSSR count). The molecule has 0 spiro atoms. The Labute approximate surface area is 117 Å². The van der Waals surface area contributed by atoms with Crippen LogP contribution < -0.4 is 10.1 Å². The molecule has 1 aromatic heterocycles. The average Bonchev–Trinajstić information content (AvgIpc) is 2.86. The van der Waals surface area contributed by atoms with Gasteiger partial charge in [0.05, 0.1) is 12.8 Å². The van der Waals surface area contributed by atoms with Crippen LogP contribution in [-0.2, 0) is 13.0 Å². The van der Waals surface area contributed by atoms with Gasteiger partial charge in [0.1, 0.15) is 17.1 Å². The maximum absolute atomic E-state index is 12.2. The number of hydrogen-bond acceptors (Lipinski definition) is 4. The van der Waals surface area contributed by atoms with Crippen molar-refractivity contribution in [3.05, 3.63) is 46.8 Å². The number of nitrogens with zero attached hydrogens (tertiary/aromatic N) is 1. The predicted molar refractivity (Wildman–Crippen MR) is 74.8 cm³/mol. The van der Waals surface area contributed by atoms with Gasteiger partial charge in [-0.1, -0.05) is 24.2 Å². The quantitative estimate of drug-likeness (QED) is 0.909. The number of aromatic nitrogens is 1. The van der Waals surface area contributed by atoms with Crippen LogP contribution in [-0.4, -0.2) is 18.2 Å². The van der Waals surface area contributed by atoms with Gasteiger partial charge in [-0.25, -0.2) is 0 Å². The number of aryl methyl sites for hydroxylation is 2. The topological polar surface area (TPSA) is 64.4 Å². The van der Waals surface area contributed by atoms with Crippen molar-refractivity contribution in [1.82, 2.24) is 10.5 Å². The van der Waals surface area contributed by atoms with E-state index < -0.39 is 0 Å². The lowest BCUT2D eigenvalue weighted by Gasteiger charge is -2.06. The first-order valence-electron chi connectivity index (χ1n) is 6.52. The molecule has 1 heterocycles. The van der Waals surface area contributed by atoms with E-state index >= 15 is 0 Å². The molecular weight excluding hydrogens is 256 g/mol. The normalized spacial score (nSPS) is 10.3. The SMILES string of the molecule is CCc1noc(C)c1C(=O)NCc1ccc(OC)cc1. The summed E-state index contributed by atoms with van der Waals surface area (Å²) in [5, 5.41) is 6.76. The van der Waals surface area contributed by atoms with Crippen LogP contribution in [0.1, 0.15) is 34.3 Å². The van der Waals surface area contributed by atoms with Crippen molar-refractivity contribution in [3.63, 3.8) is 0 Å². The molecule has 2 aromatic rings. The van der Waals surface area contributed by atoms with Crippen LogP contribution in [0.2, 0.25) is 0 Å². The zero-order valence-electron chi connectivity index (χ0n) is 11.9. The van der Waals surface area contributed by atoms with Gasteiger partial charge in [0.15, 0.2) is 0 Å². The van der Waals surface area contributed by atoms with Crippen molar-refractivity contribution < 1.29 is 14.1 Å². The largest absolute Gasteiger partial charge is 0.497 e. The summed E-state index contributed by atoms with van der Waals surface area (Å²) in [6.07, 6.45) is 0.669. The third-order valence-corrected chi connectivity index (χ3v) is 3.11. The fourth-order valence-electron chi connectivity index (χ4n) is 1.96. The van der Waals surface area contributed by atoms with Crippen LogP contribution in [0.15, 0.2) is 28.8 Å². The molecule has 0 unspecified atom stereocenters. The number of ether oxygens (including phenoxy) is 1. The molecule has 5 nitrogen and oxygen atoms in total. The summed E-state index contributed by atoms with van der Waals surface area (Å²) >= 11 is 0. The van der Waals surface area contributed by atoms with E-state index in [9.17, 15) is 4.79 Å². The Morgan fingerprint density at radius 1 is 1.35 bits per heavy atom. The highest BCUT2D eigenvalue weighted by molar-refractivity contribution is 5.96. The van der Waals surface area contributed by atoms with Gasteiger partial charge in [-0.3, -0.25) is 4.79 Å². The molecule has 5 heteroatoms. The monoisotopic (exact) mass is 274 g/mol. The maximum Gasteiger partial charge on any atom is 0.257 e. The predicted octanol–water partition coefficient (Wildman–Crippen LogP) is 2.48. The molecule has 0 aliphatic carbocycles. The number of methoxy groups -OCH3 is 1. The molecule has 1 amide bonds. The van der Waals surface area contributed by atoms with Gasteiger partial charge < -0.3 is 14.6 Å². The first kappa shape index (κ1) is 14.1. The summed E-state index contributed by atoms with van der Waals surface area (Å²) < 4.78 is 10.2. The molecule has 1 aromatic carbocycles. The molecule has 0 radical (unpaired) electrons. The van der Waals surface area contributed by atoms with Gasteiger partial charge in [-0.2, -0.15) is 0 Å². The molecule has 1 N–H and O–H groups in total. The van der Waals surface area contributed by atoms with Crippen LogP contribution in [0.3, 0.4) is 0 Å². The summed E-state index contributed by atoms with van der Waals surface area (Å²) in [5.74, 6) is 1.19. The smallest absolute Gasteiger partial charge is 0.257 e. The molecule has 0 aliphatic rings. The van der Waals surface area contributed by atoms with Crippen molar-refractivity contribution in [2.75, 3.05) is 7.11 Å². The first-order valence-corrected chi connectivity index (χ1v) is 6.52. The Morgan fingerprint density at radius 3 is 2.65 bits per heavy atom. The molecule has 106 valence electrons. The van der Waals surface area contributed by atoms with Gasteiger partial charge in [-0.15, -0.1) is 0 Å². The molecule has 0 saturated carbocycles. The van der Waals surface area contributed by atoms with E-state index in [1.54, 1.807) is 14.0 Å². The zero-order chi connectivity index (χ0) is 14.5.